The molecule has 2 N–H and O–H groups in total. The van der Waals surface area contributed by atoms with Gasteiger partial charge in [0.15, 0.2) is 0 Å². The topological polar surface area (TPSA) is 73.1 Å². The first-order valence-electron chi connectivity index (χ1n) is 6.22. The minimum atomic E-state index is -0.794. The third-order valence-corrected chi connectivity index (χ3v) is 3.69. The van der Waals surface area contributed by atoms with Crippen molar-refractivity contribution in [2.75, 3.05) is 17.6 Å². The van der Waals surface area contributed by atoms with Gasteiger partial charge in [-0.2, -0.15) is 5.26 Å². The first-order valence-corrected chi connectivity index (χ1v) is 7.21. The molecule has 1 aromatic rings. The van der Waals surface area contributed by atoms with Crippen LogP contribution in [0.25, 0.3) is 0 Å². The van der Waals surface area contributed by atoms with E-state index < -0.39 is 5.97 Å². The van der Waals surface area contributed by atoms with Gasteiger partial charge in [-0.15, -0.1) is 11.8 Å². The lowest BCUT2D eigenvalue weighted by Gasteiger charge is -2.12. The van der Waals surface area contributed by atoms with Crippen LogP contribution in [0.3, 0.4) is 0 Å². The number of nitrogens with one attached hydrogen (secondary N) is 1. The van der Waals surface area contributed by atoms with Gasteiger partial charge in [-0.3, -0.25) is 4.79 Å². The Morgan fingerprint density at radius 1 is 1.58 bits per heavy atom. The van der Waals surface area contributed by atoms with Crippen LogP contribution in [0.5, 0.6) is 0 Å². The van der Waals surface area contributed by atoms with Crippen molar-refractivity contribution in [2.24, 2.45) is 5.92 Å². The normalized spacial score (nSPS) is 11.6. The van der Waals surface area contributed by atoms with Gasteiger partial charge in [0, 0.05) is 11.4 Å². The summed E-state index contributed by atoms with van der Waals surface area (Å²) >= 11 is 1.63. The zero-order valence-corrected chi connectivity index (χ0v) is 12.0. The molecule has 0 bridgehead atoms. The Morgan fingerprint density at radius 3 is 2.89 bits per heavy atom. The molecular weight excluding hydrogens is 260 g/mol. The third-order valence-electron chi connectivity index (χ3n) is 2.75. The number of hydrogen-bond donors (Lipinski definition) is 2. The Kier molecular flexibility index (Phi) is 6.23. The molecule has 0 saturated carbocycles. The second-order valence-corrected chi connectivity index (χ2v) is 5.48. The Labute approximate surface area is 117 Å². The number of carboxylic acids is 1. The van der Waals surface area contributed by atoms with Crippen molar-refractivity contribution in [3.8, 4) is 6.07 Å². The van der Waals surface area contributed by atoms with Crippen LogP contribution < -0.4 is 5.32 Å². The summed E-state index contributed by atoms with van der Waals surface area (Å²) in [7, 11) is 0. The number of nitrogens with zero attached hydrogens (tertiary/aromatic N) is 1. The summed E-state index contributed by atoms with van der Waals surface area (Å²) in [4.78, 5) is 11.7. The fourth-order valence-corrected chi connectivity index (χ4v) is 2.40. The lowest BCUT2D eigenvalue weighted by atomic mass is 10.1. The molecule has 1 unspecified atom stereocenters. The van der Waals surface area contributed by atoms with Crippen LogP contribution in [-0.2, 0) is 4.79 Å². The van der Waals surface area contributed by atoms with Crippen molar-refractivity contribution >= 4 is 23.4 Å². The predicted molar refractivity (Wildman–Crippen MR) is 77.5 cm³/mol. The maximum Gasteiger partial charge on any atom is 0.306 e. The van der Waals surface area contributed by atoms with Crippen LogP contribution in [0.4, 0.5) is 5.69 Å². The van der Waals surface area contributed by atoms with E-state index in [0.717, 1.165) is 16.3 Å². The molecular formula is C14H18N2O2S. The zero-order valence-electron chi connectivity index (χ0n) is 11.1. The molecule has 0 fully saturated rings. The van der Waals surface area contributed by atoms with Gasteiger partial charge in [-0.1, -0.05) is 19.9 Å². The molecule has 5 heteroatoms. The highest BCUT2D eigenvalue weighted by Gasteiger charge is 2.11. The maximum atomic E-state index is 10.7. The van der Waals surface area contributed by atoms with E-state index in [1.807, 2.05) is 25.1 Å². The molecule has 0 aliphatic heterocycles. The van der Waals surface area contributed by atoms with Gasteiger partial charge in [0.05, 0.1) is 17.2 Å². The minimum Gasteiger partial charge on any atom is -0.481 e. The molecule has 0 aliphatic carbocycles. The molecule has 102 valence electrons. The monoisotopic (exact) mass is 278 g/mol. The van der Waals surface area contributed by atoms with E-state index in [0.29, 0.717) is 18.5 Å². The average molecular weight is 278 g/mol. The molecule has 19 heavy (non-hydrogen) atoms. The summed E-state index contributed by atoms with van der Waals surface area (Å²) in [6.45, 7) is 4.27. The van der Waals surface area contributed by atoms with E-state index >= 15 is 0 Å². The number of nitriles is 1. The number of thioether (sulfide) groups is 1. The summed E-state index contributed by atoms with van der Waals surface area (Å²) in [5.74, 6) is -0.266. The zero-order chi connectivity index (χ0) is 14.3. The second-order valence-electron chi connectivity index (χ2n) is 4.18. The lowest BCUT2D eigenvalue weighted by molar-refractivity contribution is -0.141. The van der Waals surface area contributed by atoms with Gasteiger partial charge in [-0.25, -0.2) is 0 Å². The van der Waals surface area contributed by atoms with E-state index in [1.54, 1.807) is 18.7 Å². The van der Waals surface area contributed by atoms with Crippen LogP contribution in [0.15, 0.2) is 23.1 Å². The highest BCUT2D eigenvalue weighted by Crippen LogP contribution is 2.27. The Hall–Kier alpha value is -1.67. The molecule has 1 aromatic carbocycles. The number of benzene rings is 1. The van der Waals surface area contributed by atoms with Crippen molar-refractivity contribution < 1.29 is 9.90 Å². The first kappa shape index (κ1) is 15.4. The fraction of sp³-hybridized carbons (Fsp3) is 0.429. The van der Waals surface area contributed by atoms with Crippen LogP contribution in [0, 0.1) is 17.2 Å². The molecule has 1 rings (SSSR count). The summed E-state index contributed by atoms with van der Waals surface area (Å²) in [6.07, 6.45) is 0.533. The molecule has 0 aliphatic rings. The standard InChI is InChI=1S/C14H18N2O2S/c1-3-19-13-6-4-5-12(11(13)9-15)16-8-7-10(2)14(17)18/h4-6,10,16H,3,7-8H2,1-2H3,(H,17,18). The molecule has 0 heterocycles. The molecule has 0 saturated heterocycles. The van der Waals surface area contributed by atoms with Crippen molar-refractivity contribution in [1.29, 1.82) is 5.26 Å². The number of rotatable bonds is 7. The minimum absolute atomic E-state index is 0.383. The number of anilines is 1. The van der Waals surface area contributed by atoms with Crippen LogP contribution in [0.2, 0.25) is 0 Å². The van der Waals surface area contributed by atoms with Crippen molar-refractivity contribution in [2.45, 2.75) is 25.2 Å². The summed E-state index contributed by atoms with van der Waals surface area (Å²) in [5, 5.41) is 21.2. The van der Waals surface area contributed by atoms with Gasteiger partial charge in [0.1, 0.15) is 6.07 Å². The van der Waals surface area contributed by atoms with E-state index in [9.17, 15) is 10.1 Å². The number of carbonyl (C=O) groups is 1. The van der Waals surface area contributed by atoms with Crippen molar-refractivity contribution in [3.63, 3.8) is 0 Å². The van der Waals surface area contributed by atoms with E-state index in [-0.39, 0.29) is 5.92 Å². The van der Waals surface area contributed by atoms with Crippen LogP contribution >= 0.6 is 11.8 Å². The Morgan fingerprint density at radius 2 is 2.32 bits per heavy atom. The smallest absolute Gasteiger partial charge is 0.306 e. The van der Waals surface area contributed by atoms with Gasteiger partial charge in [0.2, 0.25) is 0 Å². The first-order chi connectivity index (χ1) is 9.10. The van der Waals surface area contributed by atoms with E-state index in [2.05, 4.69) is 11.4 Å². The van der Waals surface area contributed by atoms with Gasteiger partial charge in [0.25, 0.3) is 0 Å². The third kappa shape index (κ3) is 4.49. The molecule has 4 nitrogen and oxygen atoms in total. The molecule has 0 radical (unpaired) electrons. The average Bonchev–Trinajstić information content (AvgIpc) is 2.39. The fourth-order valence-electron chi connectivity index (χ4n) is 1.62. The second kappa shape index (κ2) is 7.70. The van der Waals surface area contributed by atoms with E-state index in [4.69, 9.17) is 5.11 Å². The van der Waals surface area contributed by atoms with Gasteiger partial charge in [-0.05, 0) is 24.3 Å². The highest BCUT2D eigenvalue weighted by molar-refractivity contribution is 7.99. The summed E-state index contributed by atoms with van der Waals surface area (Å²) in [5.41, 5.74) is 1.41. The largest absolute Gasteiger partial charge is 0.481 e. The summed E-state index contributed by atoms with van der Waals surface area (Å²) in [6, 6.07) is 7.89. The van der Waals surface area contributed by atoms with Gasteiger partial charge >= 0.3 is 5.97 Å². The highest BCUT2D eigenvalue weighted by atomic mass is 32.2. The lowest BCUT2D eigenvalue weighted by Crippen LogP contribution is -2.14. The quantitative estimate of drug-likeness (QED) is 0.749. The van der Waals surface area contributed by atoms with Crippen LogP contribution in [-0.4, -0.2) is 23.4 Å². The predicted octanol–water partition coefficient (Wildman–Crippen LogP) is 3.19. The molecule has 0 aromatic heterocycles. The maximum absolute atomic E-state index is 10.7. The Bertz CT molecular complexity index is 483. The van der Waals surface area contributed by atoms with Crippen molar-refractivity contribution in [1.82, 2.24) is 0 Å². The number of aliphatic carboxylic acids is 1. The number of carboxylic acid groups (broad SMARTS) is 1. The molecule has 0 spiro atoms. The molecule has 1 atom stereocenters. The molecule has 0 amide bonds. The van der Waals surface area contributed by atoms with Gasteiger partial charge < -0.3 is 10.4 Å². The SMILES string of the molecule is CCSc1cccc(NCCC(C)C(=O)O)c1C#N. The van der Waals surface area contributed by atoms with Crippen LogP contribution in [0.1, 0.15) is 25.8 Å². The number of hydrogen-bond acceptors (Lipinski definition) is 4. The summed E-state index contributed by atoms with van der Waals surface area (Å²) < 4.78 is 0. The Balaban J connectivity index is 2.71. The van der Waals surface area contributed by atoms with Crippen molar-refractivity contribution in [3.05, 3.63) is 23.8 Å². The van der Waals surface area contributed by atoms with E-state index in [1.165, 1.54) is 0 Å².